The number of fused-ring (bicyclic) bond motifs is 1. The maximum atomic E-state index is 13.6. The van der Waals surface area contributed by atoms with E-state index in [9.17, 15) is 14.4 Å². The van der Waals surface area contributed by atoms with E-state index in [0.717, 1.165) is 34.7 Å². The van der Waals surface area contributed by atoms with Gasteiger partial charge in [-0.3, -0.25) is 24.2 Å². The minimum absolute atomic E-state index is 0. The van der Waals surface area contributed by atoms with Gasteiger partial charge in [0.25, 0.3) is 5.91 Å². The van der Waals surface area contributed by atoms with Gasteiger partial charge in [-0.1, -0.05) is 25.2 Å². The van der Waals surface area contributed by atoms with Gasteiger partial charge in [-0.25, -0.2) is 4.98 Å². The third-order valence-corrected chi connectivity index (χ3v) is 7.79. The lowest BCUT2D eigenvalue weighted by Crippen LogP contribution is -2.39. The molecule has 35 heavy (non-hydrogen) atoms. The van der Waals surface area contributed by atoms with Crippen LogP contribution in [0.2, 0.25) is 0 Å². The molecular formula is C25H29ClN4O3S2. The zero-order valence-corrected chi connectivity index (χ0v) is 22.5. The lowest BCUT2D eigenvalue weighted by Gasteiger charge is -2.25. The van der Waals surface area contributed by atoms with Crippen LogP contribution >= 0.6 is 35.5 Å². The lowest BCUT2D eigenvalue weighted by molar-refractivity contribution is -0.121. The summed E-state index contributed by atoms with van der Waals surface area (Å²) in [5.41, 5.74) is 1.87. The molecule has 0 spiro atoms. The second-order valence-electron chi connectivity index (χ2n) is 7.98. The van der Waals surface area contributed by atoms with Gasteiger partial charge in [0, 0.05) is 36.4 Å². The van der Waals surface area contributed by atoms with Crippen LogP contribution in [0, 0.1) is 0 Å². The van der Waals surface area contributed by atoms with Crippen molar-refractivity contribution in [3.05, 3.63) is 48.0 Å². The molecule has 1 aliphatic rings. The van der Waals surface area contributed by atoms with Crippen LogP contribution in [-0.2, 0) is 9.59 Å². The molecule has 186 valence electrons. The molecule has 3 aromatic rings. The van der Waals surface area contributed by atoms with Crippen LogP contribution in [-0.4, -0.2) is 60.0 Å². The summed E-state index contributed by atoms with van der Waals surface area (Å²) < 4.78 is 1.05. The number of rotatable bonds is 9. The summed E-state index contributed by atoms with van der Waals surface area (Å²) in [6.07, 6.45) is 2.50. The third kappa shape index (κ3) is 5.86. The van der Waals surface area contributed by atoms with Gasteiger partial charge in [0.05, 0.1) is 15.9 Å². The highest BCUT2D eigenvalue weighted by Crippen LogP contribution is 2.32. The van der Waals surface area contributed by atoms with Crippen LogP contribution in [0.3, 0.4) is 0 Å². The van der Waals surface area contributed by atoms with Crippen molar-refractivity contribution in [3.63, 3.8) is 0 Å². The number of hydrogen-bond donors (Lipinski definition) is 0. The molecule has 0 bridgehead atoms. The molecule has 1 aromatic heterocycles. The van der Waals surface area contributed by atoms with E-state index < -0.39 is 0 Å². The van der Waals surface area contributed by atoms with Crippen molar-refractivity contribution in [2.75, 3.05) is 42.2 Å². The number of benzene rings is 2. The molecule has 3 amide bonds. The predicted octanol–water partition coefficient (Wildman–Crippen LogP) is 5.08. The molecule has 1 aliphatic heterocycles. The molecule has 7 nitrogen and oxygen atoms in total. The number of halogens is 1. The van der Waals surface area contributed by atoms with E-state index >= 15 is 0 Å². The number of imide groups is 1. The number of aromatic nitrogens is 1. The van der Waals surface area contributed by atoms with Crippen LogP contribution in [0.25, 0.3) is 10.2 Å². The fourth-order valence-electron chi connectivity index (χ4n) is 3.97. The SMILES string of the molecule is CCN(CC)CCN(C(=O)c1ccc(N2C(=O)CCC2=O)cc1)c1nc2ccc(SC)cc2s1.Cl. The van der Waals surface area contributed by atoms with Gasteiger partial charge in [0.2, 0.25) is 11.8 Å². The number of nitrogens with zero attached hydrogens (tertiary/aromatic N) is 4. The quantitative estimate of drug-likeness (QED) is 0.282. The Bertz CT molecular complexity index is 1200. The first-order valence-electron chi connectivity index (χ1n) is 11.4. The van der Waals surface area contributed by atoms with Crippen molar-refractivity contribution in [3.8, 4) is 0 Å². The van der Waals surface area contributed by atoms with Gasteiger partial charge in [0.15, 0.2) is 5.13 Å². The maximum absolute atomic E-state index is 13.6. The van der Waals surface area contributed by atoms with E-state index in [1.165, 1.54) is 16.2 Å². The molecule has 0 aliphatic carbocycles. The van der Waals surface area contributed by atoms with Crippen LogP contribution in [0.4, 0.5) is 10.8 Å². The predicted molar refractivity (Wildman–Crippen MR) is 146 cm³/mol. The Labute approximate surface area is 219 Å². The minimum Gasteiger partial charge on any atom is -0.302 e. The van der Waals surface area contributed by atoms with E-state index in [1.54, 1.807) is 40.9 Å². The molecule has 1 saturated heterocycles. The largest absolute Gasteiger partial charge is 0.302 e. The Morgan fingerprint density at radius 1 is 1.03 bits per heavy atom. The van der Waals surface area contributed by atoms with Crippen molar-refractivity contribution >= 4 is 74.3 Å². The van der Waals surface area contributed by atoms with Crippen molar-refractivity contribution in [2.24, 2.45) is 0 Å². The molecule has 0 unspecified atom stereocenters. The van der Waals surface area contributed by atoms with E-state index in [-0.39, 0.29) is 43.0 Å². The van der Waals surface area contributed by atoms with Crippen LogP contribution in [0.15, 0.2) is 47.4 Å². The summed E-state index contributed by atoms with van der Waals surface area (Å²) in [6.45, 7) is 7.28. The average Bonchev–Trinajstić information content (AvgIpc) is 3.43. The summed E-state index contributed by atoms with van der Waals surface area (Å²) in [4.78, 5) is 48.8. The van der Waals surface area contributed by atoms with Gasteiger partial charge in [-0.2, -0.15) is 0 Å². The molecule has 0 saturated carbocycles. The fourth-order valence-corrected chi connectivity index (χ4v) is 5.52. The monoisotopic (exact) mass is 532 g/mol. The molecule has 0 N–H and O–H groups in total. The van der Waals surface area contributed by atoms with Gasteiger partial charge in [-0.15, -0.1) is 24.2 Å². The normalized spacial score (nSPS) is 13.5. The number of thiazole rings is 1. The van der Waals surface area contributed by atoms with Crippen molar-refractivity contribution in [1.82, 2.24) is 9.88 Å². The molecule has 0 radical (unpaired) electrons. The van der Waals surface area contributed by atoms with Gasteiger partial charge in [0.1, 0.15) is 0 Å². The Morgan fingerprint density at radius 3 is 2.29 bits per heavy atom. The van der Waals surface area contributed by atoms with Crippen LogP contribution in [0.1, 0.15) is 37.0 Å². The summed E-state index contributed by atoms with van der Waals surface area (Å²) in [5, 5.41) is 0.666. The number of thioether (sulfide) groups is 1. The van der Waals surface area contributed by atoms with E-state index in [4.69, 9.17) is 4.98 Å². The second-order valence-corrected chi connectivity index (χ2v) is 9.87. The van der Waals surface area contributed by atoms with Gasteiger partial charge >= 0.3 is 0 Å². The maximum Gasteiger partial charge on any atom is 0.260 e. The Kier molecular flexibility index (Phi) is 9.29. The molecular weight excluding hydrogens is 504 g/mol. The number of hydrogen-bond acceptors (Lipinski definition) is 7. The topological polar surface area (TPSA) is 73.8 Å². The van der Waals surface area contributed by atoms with Gasteiger partial charge in [-0.05, 0) is 61.8 Å². The van der Waals surface area contributed by atoms with Crippen molar-refractivity contribution < 1.29 is 14.4 Å². The highest BCUT2D eigenvalue weighted by atomic mass is 35.5. The molecule has 2 aromatic carbocycles. The Morgan fingerprint density at radius 2 is 1.69 bits per heavy atom. The third-order valence-electron chi connectivity index (χ3n) is 6.02. The second kappa shape index (κ2) is 12.0. The number of likely N-dealkylation sites (N-methyl/N-ethyl adjacent to an activating group) is 1. The first kappa shape index (κ1) is 27.1. The van der Waals surface area contributed by atoms with Crippen molar-refractivity contribution in [1.29, 1.82) is 0 Å². The first-order chi connectivity index (χ1) is 16.4. The first-order valence-corrected chi connectivity index (χ1v) is 13.4. The zero-order chi connectivity index (χ0) is 24.2. The van der Waals surface area contributed by atoms with Crippen molar-refractivity contribution in [2.45, 2.75) is 31.6 Å². The number of carbonyl (C=O) groups excluding carboxylic acids is 3. The van der Waals surface area contributed by atoms with Crippen LogP contribution < -0.4 is 9.80 Å². The smallest absolute Gasteiger partial charge is 0.260 e. The van der Waals surface area contributed by atoms with E-state index in [2.05, 4.69) is 24.8 Å². The lowest BCUT2D eigenvalue weighted by atomic mass is 10.1. The summed E-state index contributed by atoms with van der Waals surface area (Å²) in [7, 11) is 0. The molecule has 2 heterocycles. The van der Waals surface area contributed by atoms with E-state index in [1.807, 2.05) is 18.4 Å². The fraction of sp³-hybridized carbons (Fsp3) is 0.360. The highest BCUT2D eigenvalue weighted by Gasteiger charge is 2.30. The van der Waals surface area contributed by atoms with Crippen LogP contribution in [0.5, 0.6) is 0 Å². The molecule has 4 rings (SSSR count). The zero-order valence-electron chi connectivity index (χ0n) is 20.0. The summed E-state index contributed by atoms with van der Waals surface area (Å²) in [5.74, 6) is -0.560. The Hall–Kier alpha value is -2.46. The molecule has 10 heteroatoms. The number of amides is 3. The highest BCUT2D eigenvalue weighted by molar-refractivity contribution is 7.98. The summed E-state index contributed by atoms with van der Waals surface area (Å²) >= 11 is 3.19. The molecule has 1 fully saturated rings. The minimum atomic E-state index is -0.205. The standard InChI is InChI=1S/C25H28N4O3S2.ClH/c1-4-27(5-2)14-15-28(25-26-20-11-10-19(33-3)16-21(20)34-25)24(32)17-6-8-18(9-7-17)29-22(30)12-13-23(29)31;/h6-11,16H,4-5,12-15H2,1-3H3;1H. The Balaban J connectivity index is 0.00000342. The average molecular weight is 533 g/mol. The molecule has 0 atom stereocenters. The van der Waals surface area contributed by atoms with Gasteiger partial charge < -0.3 is 4.90 Å². The van der Waals surface area contributed by atoms with E-state index in [0.29, 0.717) is 22.9 Å². The number of carbonyl (C=O) groups is 3. The summed E-state index contributed by atoms with van der Waals surface area (Å²) in [6, 6.07) is 12.8. The number of anilines is 2.